The number of aromatic nitrogens is 2. The van der Waals surface area contributed by atoms with E-state index in [0.29, 0.717) is 23.4 Å². The number of carbonyl (C=O) groups excluding carboxylic acids is 2. The first-order valence-corrected chi connectivity index (χ1v) is 10.4. The highest BCUT2D eigenvalue weighted by Crippen LogP contribution is 2.16. The lowest BCUT2D eigenvalue weighted by Crippen LogP contribution is -2.48. The summed E-state index contributed by atoms with van der Waals surface area (Å²) in [7, 11) is 1.77. The van der Waals surface area contributed by atoms with Crippen LogP contribution in [0.15, 0.2) is 65.5 Å². The Kier molecular flexibility index (Phi) is 6.74. The van der Waals surface area contributed by atoms with E-state index in [1.807, 2.05) is 50.2 Å². The minimum absolute atomic E-state index is 0.118. The summed E-state index contributed by atoms with van der Waals surface area (Å²) in [5, 5.41) is 5.60. The zero-order chi connectivity index (χ0) is 22.5. The van der Waals surface area contributed by atoms with Crippen LogP contribution in [0.3, 0.4) is 0 Å². The van der Waals surface area contributed by atoms with E-state index < -0.39 is 11.9 Å². The van der Waals surface area contributed by atoms with Crippen molar-refractivity contribution in [1.82, 2.24) is 14.7 Å². The van der Waals surface area contributed by atoms with Crippen LogP contribution < -0.4 is 16.2 Å². The van der Waals surface area contributed by atoms with E-state index in [2.05, 4.69) is 10.6 Å². The summed E-state index contributed by atoms with van der Waals surface area (Å²) in [5.41, 5.74) is 1.69. The maximum absolute atomic E-state index is 13.2. The van der Waals surface area contributed by atoms with E-state index in [1.54, 1.807) is 42.9 Å². The van der Waals surface area contributed by atoms with E-state index in [-0.39, 0.29) is 23.1 Å². The quantitative estimate of drug-likeness (QED) is 0.615. The number of nitrogens with one attached hydrogen (secondary N) is 2. The van der Waals surface area contributed by atoms with E-state index >= 15 is 0 Å². The molecule has 0 radical (unpaired) electrons. The average Bonchev–Trinajstić information content (AvgIpc) is 3.00. The Bertz CT molecular complexity index is 1120. The second kappa shape index (κ2) is 9.47. The number of hydrogen-bond donors (Lipinski definition) is 2. The SMILES string of the molecule is CC[C@H](C)[C@H](NC(=O)c1ccccc1)C(=O)Nc1c(C)n(C)n(-c2ccccc2)c1=O. The Balaban J connectivity index is 1.89. The van der Waals surface area contributed by atoms with Crippen LogP contribution in [0, 0.1) is 12.8 Å². The molecule has 7 nitrogen and oxygen atoms in total. The second-order valence-electron chi connectivity index (χ2n) is 7.63. The molecule has 0 fully saturated rings. The number of benzene rings is 2. The van der Waals surface area contributed by atoms with Gasteiger partial charge in [0.1, 0.15) is 11.7 Å². The molecule has 2 amide bonds. The van der Waals surface area contributed by atoms with Crippen molar-refractivity contribution < 1.29 is 9.59 Å². The van der Waals surface area contributed by atoms with Gasteiger partial charge in [0.15, 0.2) is 0 Å². The molecule has 162 valence electrons. The fraction of sp³-hybridized carbons (Fsp3) is 0.292. The molecular weight excluding hydrogens is 392 g/mol. The molecule has 3 rings (SSSR count). The van der Waals surface area contributed by atoms with Crippen molar-refractivity contribution in [3.05, 3.63) is 82.3 Å². The topological polar surface area (TPSA) is 85.1 Å². The Hall–Kier alpha value is -3.61. The minimum atomic E-state index is -0.776. The monoisotopic (exact) mass is 420 g/mol. The molecular formula is C24H28N4O3. The first kappa shape index (κ1) is 22.1. The van der Waals surface area contributed by atoms with E-state index in [0.717, 1.165) is 0 Å². The van der Waals surface area contributed by atoms with Gasteiger partial charge in [-0.25, -0.2) is 4.68 Å². The maximum Gasteiger partial charge on any atom is 0.295 e. The van der Waals surface area contributed by atoms with Crippen molar-refractivity contribution in [2.45, 2.75) is 33.2 Å². The minimum Gasteiger partial charge on any atom is -0.340 e. The lowest BCUT2D eigenvalue weighted by molar-refractivity contribution is -0.119. The van der Waals surface area contributed by atoms with Gasteiger partial charge in [-0.3, -0.25) is 19.1 Å². The molecule has 0 aliphatic carbocycles. The zero-order valence-electron chi connectivity index (χ0n) is 18.3. The molecule has 1 aromatic heterocycles. The lowest BCUT2D eigenvalue weighted by Gasteiger charge is -2.23. The fourth-order valence-electron chi connectivity index (χ4n) is 3.43. The van der Waals surface area contributed by atoms with Gasteiger partial charge in [-0.2, -0.15) is 0 Å². The van der Waals surface area contributed by atoms with Gasteiger partial charge in [0.05, 0.1) is 11.4 Å². The molecule has 0 saturated heterocycles. The van der Waals surface area contributed by atoms with Crippen LogP contribution in [0.1, 0.15) is 36.3 Å². The van der Waals surface area contributed by atoms with Crippen LogP contribution in [-0.2, 0) is 11.8 Å². The molecule has 7 heteroatoms. The second-order valence-corrected chi connectivity index (χ2v) is 7.63. The Morgan fingerprint density at radius 3 is 2.16 bits per heavy atom. The van der Waals surface area contributed by atoms with Gasteiger partial charge in [-0.05, 0) is 37.1 Å². The molecule has 0 spiro atoms. The highest BCUT2D eigenvalue weighted by molar-refractivity contribution is 6.01. The van der Waals surface area contributed by atoms with Crippen molar-refractivity contribution in [3.8, 4) is 5.69 Å². The van der Waals surface area contributed by atoms with Crippen molar-refractivity contribution in [1.29, 1.82) is 0 Å². The standard InChI is InChI=1S/C24H28N4O3/c1-5-16(2)20(25-22(29)18-12-8-6-9-13-18)23(30)26-21-17(3)27(4)28(24(21)31)19-14-10-7-11-15-19/h6-16,20H,5H2,1-4H3,(H,25,29)(H,26,30)/t16-,20-/m0/s1. The van der Waals surface area contributed by atoms with Crippen molar-refractivity contribution in [2.75, 3.05) is 5.32 Å². The number of hydrogen-bond acceptors (Lipinski definition) is 3. The summed E-state index contributed by atoms with van der Waals surface area (Å²) in [6.45, 7) is 5.63. The molecule has 0 saturated carbocycles. The predicted molar refractivity (Wildman–Crippen MR) is 122 cm³/mol. The molecule has 0 bridgehead atoms. The number of amides is 2. The molecule has 2 atom stereocenters. The summed E-state index contributed by atoms with van der Waals surface area (Å²) in [5.74, 6) is -0.856. The van der Waals surface area contributed by atoms with Crippen LogP contribution in [0.2, 0.25) is 0 Å². The van der Waals surface area contributed by atoms with Gasteiger partial charge in [0.25, 0.3) is 11.5 Å². The van der Waals surface area contributed by atoms with E-state index in [1.165, 1.54) is 4.68 Å². The number of nitrogens with zero attached hydrogens (tertiary/aromatic N) is 2. The third-order valence-electron chi connectivity index (χ3n) is 5.62. The fourth-order valence-corrected chi connectivity index (χ4v) is 3.43. The molecule has 2 N–H and O–H groups in total. The lowest BCUT2D eigenvalue weighted by atomic mass is 9.97. The maximum atomic E-state index is 13.2. The van der Waals surface area contributed by atoms with Gasteiger partial charge < -0.3 is 10.6 Å². The average molecular weight is 421 g/mol. The van der Waals surface area contributed by atoms with Gasteiger partial charge in [-0.1, -0.05) is 56.7 Å². The highest BCUT2D eigenvalue weighted by Gasteiger charge is 2.28. The van der Waals surface area contributed by atoms with Crippen LogP contribution in [0.4, 0.5) is 5.69 Å². The predicted octanol–water partition coefficient (Wildman–Crippen LogP) is 3.27. The van der Waals surface area contributed by atoms with E-state index in [9.17, 15) is 14.4 Å². The summed E-state index contributed by atoms with van der Waals surface area (Å²) < 4.78 is 3.21. The van der Waals surface area contributed by atoms with Crippen LogP contribution in [0.25, 0.3) is 5.69 Å². The number of carbonyl (C=O) groups is 2. The Morgan fingerprint density at radius 2 is 1.58 bits per heavy atom. The summed E-state index contributed by atoms with van der Waals surface area (Å²) >= 11 is 0. The van der Waals surface area contributed by atoms with Gasteiger partial charge in [0.2, 0.25) is 5.91 Å². The normalized spacial score (nSPS) is 12.8. The highest BCUT2D eigenvalue weighted by atomic mass is 16.2. The Morgan fingerprint density at radius 1 is 1.00 bits per heavy atom. The summed E-state index contributed by atoms with van der Waals surface area (Å²) in [6, 6.07) is 17.2. The molecule has 0 aliphatic rings. The summed E-state index contributed by atoms with van der Waals surface area (Å²) in [6.07, 6.45) is 0.690. The molecule has 0 unspecified atom stereocenters. The smallest absolute Gasteiger partial charge is 0.295 e. The van der Waals surface area contributed by atoms with E-state index in [4.69, 9.17) is 0 Å². The summed E-state index contributed by atoms with van der Waals surface area (Å²) in [4.78, 5) is 38.9. The van der Waals surface area contributed by atoms with Crippen LogP contribution >= 0.6 is 0 Å². The number of rotatable bonds is 7. The van der Waals surface area contributed by atoms with Crippen LogP contribution in [0.5, 0.6) is 0 Å². The molecule has 0 aliphatic heterocycles. The van der Waals surface area contributed by atoms with Crippen molar-refractivity contribution >= 4 is 17.5 Å². The van der Waals surface area contributed by atoms with Gasteiger partial charge in [-0.15, -0.1) is 0 Å². The van der Waals surface area contributed by atoms with Gasteiger partial charge in [0, 0.05) is 12.6 Å². The van der Waals surface area contributed by atoms with Crippen molar-refractivity contribution in [3.63, 3.8) is 0 Å². The first-order valence-electron chi connectivity index (χ1n) is 10.4. The molecule has 31 heavy (non-hydrogen) atoms. The Labute approximate surface area is 181 Å². The van der Waals surface area contributed by atoms with Crippen molar-refractivity contribution in [2.24, 2.45) is 13.0 Å². The molecule has 2 aromatic carbocycles. The van der Waals surface area contributed by atoms with Crippen LogP contribution in [-0.4, -0.2) is 27.2 Å². The molecule has 1 heterocycles. The zero-order valence-corrected chi connectivity index (χ0v) is 18.3. The first-order chi connectivity index (χ1) is 14.8. The largest absolute Gasteiger partial charge is 0.340 e. The number of para-hydroxylation sites is 1. The molecule has 3 aromatic rings. The third kappa shape index (κ3) is 4.60. The number of anilines is 1. The third-order valence-corrected chi connectivity index (χ3v) is 5.62. The van der Waals surface area contributed by atoms with Gasteiger partial charge >= 0.3 is 0 Å².